The van der Waals surface area contributed by atoms with E-state index in [1.54, 1.807) is 0 Å². The predicted molar refractivity (Wildman–Crippen MR) is 67.9 cm³/mol. The van der Waals surface area contributed by atoms with Gasteiger partial charge in [-0.3, -0.25) is 0 Å². The van der Waals surface area contributed by atoms with Gasteiger partial charge in [-0.25, -0.2) is 0 Å². The van der Waals surface area contributed by atoms with Crippen molar-refractivity contribution in [1.29, 1.82) is 0 Å². The second-order valence-electron chi connectivity index (χ2n) is 4.36. The molecule has 1 aromatic rings. The summed E-state index contributed by atoms with van der Waals surface area (Å²) in [4.78, 5) is 2.37. The Morgan fingerprint density at radius 2 is 2.31 bits per heavy atom. The van der Waals surface area contributed by atoms with Gasteiger partial charge in [-0.15, -0.1) is 0 Å². The van der Waals surface area contributed by atoms with Crippen LogP contribution in [0.5, 0.6) is 0 Å². The Morgan fingerprint density at radius 3 is 3.00 bits per heavy atom. The van der Waals surface area contributed by atoms with E-state index in [2.05, 4.69) is 30.9 Å². The van der Waals surface area contributed by atoms with Crippen LogP contribution < -0.4 is 10.6 Å². The Morgan fingerprint density at radius 1 is 1.50 bits per heavy atom. The molecule has 0 aromatic heterocycles. The van der Waals surface area contributed by atoms with E-state index in [4.69, 9.17) is 10.5 Å². The van der Waals surface area contributed by atoms with Gasteiger partial charge in [0.25, 0.3) is 0 Å². The smallest absolute Gasteiger partial charge is 0.0722 e. The minimum Gasteiger partial charge on any atom is -0.399 e. The average molecular weight is 220 g/mol. The van der Waals surface area contributed by atoms with Crippen LogP contribution in [0.4, 0.5) is 11.4 Å². The normalized spacial score (nSPS) is 21.1. The number of nitrogens with two attached hydrogens (primary N) is 1. The zero-order valence-corrected chi connectivity index (χ0v) is 10.1. The number of anilines is 2. The predicted octanol–water partition coefficient (Wildman–Crippen LogP) is 2.06. The summed E-state index contributed by atoms with van der Waals surface area (Å²) < 4.78 is 5.54. The zero-order chi connectivity index (χ0) is 11.5. The van der Waals surface area contributed by atoms with Gasteiger partial charge < -0.3 is 15.4 Å². The van der Waals surface area contributed by atoms with Gasteiger partial charge in [-0.2, -0.15) is 0 Å². The SMILES string of the molecule is CCc1cc(N2CCOC(C)C2)ccc1N. The third kappa shape index (κ3) is 2.30. The van der Waals surface area contributed by atoms with E-state index < -0.39 is 0 Å². The number of nitrogens with zero attached hydrogens (tertiary/aromatic N) is 1. The highest BCUT2D eigenvalue weighted by Gasteiger charge is 2.17. The third-order valence-electron chi connectivity index (χ3n) is 3.11. The van der Waals surface area contributed by atoms with Crippen molar-refractivity contribution in [3.8, 4) is 0 Å². The molecule has 1 fully saturated rings. The highest BCUT2D eigenvalue weighted by Crippen LogP contribution is 2.23. The van der Waals surface area contributed by atoms with E-state index in [0.717, 1.165) is 31.8 Å². The first-order valence-corrected chi connectivity index (χ1v) is 5.95. The lowest BCUT2D eigenvalue weighted by molar-refractivity contribution is 0.0532. The summed E-state index contributed by atoms with van der Waals surface area (Å²) in [6.45, 7) is 7.00. The number of benzene rings is 1. The molecule has 88 valence electrons. The molecular formula is C13H20N2O. The maximum atomic E-state index is 5.91. The molecule has 0 bridgehead atoms. The Bertz CT molecular complexity index is 365. The molecule has 0 amide bonds. The van der Waals surface area contributed by atoms with Crippen LogP contribution in [0, 0.1) is 0 Å². The van der Waals surface area contributed by atoms with Crippen molar-refractivity contribution in [2.45, 2.75) is 26.4 Å². The van der Waals surface area contributed by atoms with Gasteiger partial charge in [0.05, 0.1) is 12.7 Å². The molecule has 3 nitrogen and oxygen atoms in total. The summed E-state index contributed by atoms with van der Waals surface area (Å²) in [6, 6.07) is 6.31. The van der Waals surface area contributed by atoms with Crippen LogP contribution in [0.1, 0.15) is 19.4 Å². The maximum Gasteiger partial charge on any atom is 0.0722 e. The fourth-order valence-electron chi connectivity index (χ4n) is 2.15. The van der Waals surface area contributed by atoms with Crippen molar-refractivity contribution in [3.63, 3.8) is 0 Å². The number of morpholine rings is 1. The first-order valence-electron chi connectivity index (χ1n) is 5.95. The molecule has 1 unspecified atom stereocenters. The molecule has 0 spiro atoms. The van der Waals surface area contributed by atoms with Gasteiger partial charge in [-0.05, 0) is 37.1 Å². The summed E-state index contributed by atoms with van der Waals surface area (Å²) in [5, 5.41) is 0. The van der Waals surface area contributed by atoms with Crippen molar-refractivity contribution in [2.24, 2.45) is 0 Å². The summed E-state index contributed by atoms with van der Waals surface area (Å²) in [5.41, 5.74) is 9.31. The minimum atomic E-state index is 0.316. The molecular weight excluding hydrogens is 200 g/mol. The van der Waals surface area contributed by atoms with E-state index in [1.165, 1.54) is 11.3 Å². The summed E-state index contributed by atoms with van der Waals surface area (Å²) in [7, 11) is 0. The summed E-state index contributed by atoms with van der Waals surface area (Å²) >= 11 is 0. The highest BCUT2D eigenvalue weighted by molar-refractivity contribution is 5.58. The van der Waals surface area contributed by atoms with Crippen LogP contribution in [-0.2, 0) is 11.2 Å². The molecule has 2 rings (SSSR count). The average Bonchev–Trinajstić information content (AvgIpc) is 2.29. The van der Waals surface area contributed by atoms with E-state index in [0.29, 0.717) is 6.10 Å². The molecule has 3 heteroatoms. The first-order chi connectivity index (χ1) is 7.70. The number of hydrogen-bond acceptors (Lipinski definition) is 3. The quantitative estimate of drug-likeness (QED) is 0.775. The van der Waals surface area contributed by atoms with Crippen molar-refractivity contribution in [3.05, 3.63) is 23.8 Å². The molecule has 1 heterocycles. The number of aryl methyl sites for hydroxylation is 1. The lowest BCUT2D eigenvalue weighted by atomic mass is 10.1. The maximum absolute atomic E-state index is 5.91. The fourth-order valence-corrected chi connectivity index (χ4v) is 2.15. The van der Waals surface area contributed by atoms with Gasteiger partial charge in [0.2, 0.25) is 0 Å². The monoisotopic (exact) mass is 220 g/mol. The second kappa shape index (κ2) is 4.74. The molecule has 1 atom stereocenters. The third-order valence-corrected chi connectivity index (χ3v) is 3.11. The van der Waals surface area contributed by atoms with Crippen molar-refractivity contribution >= 4 is 11.4 Å². The Labute approximate surface area is 97.2 Å². The summed E-state index contributed by atoms with van der Waals surface area (Å²) in [6.07, 6.45) is 1.30. The lowest BCUT2D eigenvalue weighted by Crippen LogP contribution is -2.41. The van der Waals surface area contributed by atoms with Crippen molar-refractivity contribution in [1.82, 2.24) is 0 Å². The molecule has 16 heavy (non-hydrogen) atoms. The lowest BCUT2D eigenvalue weighted by Gasteiger charge is -2.33. The van der Waals surface area contributed by atoms with Crippen LogP contribution in [0.2, 0.25) is 0 Å². The van der Waals surface area contributed by atoms with Gasteiger partial charge in [-0.1, -0.05) is 6.92 Å². The van der Waals surface area contributed by atoms with Crippen LogP contribution in [0.3, 0.4) is 0 Å². The Kier molecular flexibility index (Phi) is 3.34. The summed E-state index contributed by atoms with van der Waals surface area (Å²) in [5.74, 6) is 0. The van der Waals surface area contributed by atoms with Crippen molar-refractivity contribution in [2.75, 3.05) is 30.3 Å². The molecule has 0 saturated carbocycles. The number of ether oxygens (including phenoxy) is 1. The number of hydrogen-bond donors (Lipinski definition) is 1. The van der Waals surface area contributed by atoms with Crippen LogP contribution in [0.15, 0.2) is 18.2 Å². The van der Waals surface area contributed by atoms with E-state index in [1.807, 2.05) is 6.07 Å². The van der Waals surface area contributed by atoms with Crippen molar-refractivity contribution < 1.29 is 4.74 Å². The van der Waals surface area contributed by atoms with Crippen LogP contribution in [0.25, 0.3) is 0 Å². The first kappa shape index (κ1) is 11.3. The van der Waals surface area contributed by atoms with Gasteiger partial charge in [0, 0.05) is 24.5 Å². The molecule has 1 aromatic carbocycles. The number of rotatable bonds is 2. The molecule has 1 aliphatic heterocycles. The Balaban J connectivity index is 2.19. The molecule has 1 saturated heterocycles. The van der Waals surface area contributed by atoms with Gasteiger partial charge in [0.15, 0.2) is 0 Å². The minimum absolute atomic E-state index is 0.316. The Hall–Kier alpha value is -1.22. The molecule has 0 radical (unpaired) electrons. The fraction of sp³-hybridized carbons (Fsp3) is 0.538. The second-order valence-corrected chi connectivity index (χ2v) is 4.36. The standard InChI is InChI=1S/C13H20N2O/c1-3-11-8-12(4-5-13(11)14)15-6-7-16-10(2)9-15/h4-5,8,10H,3,6-7,9,14H2,1-2H3. The van der Waals surface area contributed by atoms with E-state index in [9.17, 15) is 0 Å². The molecule has 2 N–H and O–H groups in total. The highest BCUT2D eigenvalue weighted by atomic mass is 16.5. The molecule has 0 aliphatic carbocycles. The zero-order valence-electron chi connectivity index (χ0n) is 10.1. The topological polar surface area (TPSA) is 38.5 Å². The van der Waals surface area contributed by atoms with Crippen LogP contribution >= 0.6 is 0 Å². The molecule has 1 aliphatic rings. The number of nitrogen functional groups attached to an aromatic ring is 1. The van der Waals surface area contributed by atoms with Gasteiger partial charge in [0.1, 0.15) is 0 Å². The van der Waals surface area contributed by atoms with Crippen LogP contribution in [-0.4, -0.2) is 25.8 Å². The van der Waals surface area contributed by atoms with E-state index in [-0.39, 0.29) is 0 Å². The van der Waals surface area contributed by atoms with Gasteiger partial charge >= 0.3 is 0 Å². The largest absolute Gasteiger partial charge is 0.399 e. The van der Waals surface area contributed by atoms with E-state index >= 15 is 0 Å².